The Labute approximate surface area is 159 Å². The van der Waals surface area contributed by atoms with Crippen LogP contribution in [0.2, 0.25) is 0 Å². The van der Waals surface area contributed by atoms with Crippen LogP contribution in [-0.4, -0.2) is 20.2 Å². The van der Waals surface area contributed by atoms with Gasteiger partial charge in [-0.2, -0.15) is 0 Å². The minimum Gasteiger partial charge on any atom is -0.292 e. The number of Topliss-reactive ketones (excluding diaryl/α,β-unsaturated/α-hetero) is 1. The first kappa shape index (κ1) is 17.5. The van der Waals surface area contributed by atoms with Crippen LogP contribution < -0.4 is 4.31 Å². The van der Waals surface area contributed by atoms with Gasteiger partial charge in [0.05, 0.1) is 10.6 Å². The first-order chi connectivity index (χ1) is 13.0. The molecule has 0 N–H and O–H groups in total. The highest BCUT2D eigenvalue weighted by Gasteiger charge is 2.46. The molecule has 0 radical (unpaired) electrons. The molecule has 0 fully saturated rings. The topological polar surface area (TPSA) is 54.5 Å². The second-order valence-corrected chi connectivity index (χ2v) is 8.45. The molecule has 1 aliphatic heterocycles. The molecule has 4 rings (SSSR count). The van der Waals surface area contributed by atoms with Crippen molar-refractivity contribution < 1.29 is 13.2 Å². The van der Waals surface area contributed by atoms with Gasteiger partial charge in [0.25, 0.3) is 10.0 Å². The Bertz CT molecular complexity index is 1080. The lowest BCUT2D eigenvalue weighted by molar-refractivity contribution is 0.0957. The van der Waals surface area contributed by atoms with E-state index >= 15 is 0 Å². The van der Waals surface area contributed by atoms with Gasteiger partial charge in [-0.3, -0.25) is 9.10 Å². The van der Waals surface area contributed by atoms with Crippen LogP contribution in [0, 0.1) is 0 Å². The maximum absolute atomic E-state index is 13.5. The number of ketones is 1. The quantitative estimate of drug-likeness (QED) is 0.639. The Morgan fingerprint density at radius 1 is 0.815 bits per heavy atom. The average Bonchev–Trinajstić information content (AvgIpc) is 3.02. The Hall–Kier alpha value is -2.92. The average molecular weight is 377 g/mol. The third-order valence-corrected chi connectivity index (χ3v) is 6.83. The van der Waals surface area contributed by atoms with Crippen molar-refractivity contribution in [3.05, 3.63) is 96.1 Å². The van der Waals surface area contributed by atoms with E-state index in [0.29, 0.717) is 11.3 Å². The molecule has 27 heavy (non-hydrogen) atoms. The number of hydrogen-bond acceptors (Lipinski definition) is 3. The van der Waals surface area contributed by atoms with Crippen molar-refractivity contribution in [2.24, 2.45) is 0 Å². The zero-order valence-corrected chi connectivity index (χ0v) is 15.6. The van der Waals surface area contributed by atoms with Crippen LogP contribution in [0.3, 0.4) is 0 Å². The summed E-state index contributed by atoms with van der Waals surface area (Å²) in [4.78, 5) is 13.5. The molecule has 0 unspecified atom stereocenters. The summed E-state index contributed by atoms with van der Waals surface area (Å²) in [5.41, 5.74) is 1.95. The Kier molecular flexibility index (Phi) is 4.32. The highest BCUT2D eigenvalue weighted by atomic mass is 32.2. The van der Waals surface area contributed by atoms with Gasteiger partial charge < -0.3 is 0 Å². The zero-order valence-electron chi connectivity index (χ0n) is 14.8. The van der Waals surface area contributed by atoms with Crippen molar-refractivity contribution >= 4 is 21.5 Å². The number of rotatable bonds is 4. The minimum absolute atomic E-state index is 0.180. The Morgan fingerprint density at radius 3 is 2.04 bits per heavy atom. The zero-order chi connectivity index (χ0) is 19.0. The lowest BCUT2D eigenvalue weighted by Gasteiger charge is -2.28. The van der Waals surface area contributed by atoms with E-state index in [1.165, 1.54) is 4.31 Å². The molecule has 0 aromatic heterocycles. The molecule has 4 nitrogen and oxygen atoms in total. The fraction of sp³-hybridized carbons (Fsp3) is 0.136. The number of carbonyl (C=O) groups excluding carboxylic acids is 1. The van der Waals surface area contributed by atoms with Crippen LogP contribution >= 0.6 is 0 Å². The third-order valence-electron chi connectivity index (χ3n) is 5.02. The highest BCUT2D eigenvalue weighted by molar-refractivity contribution is 7.93. The molecule has 3 aromatic carbocycles. The van der Waals surface area contributed by atoms with Gasteiger partial charge in [0.1, 0.15) is 6.04 Å². The van der Waals surface area contributed by atoms with Crippen molar-refractivity contribution in [1.29, 1.82) is 0 Å². The second-order valence-electron chi connectivity index (χ2n) is 6.64. The fourth-order valence-electron chi connectivity index (χ4n) is 3.69. The van der Waals surface area contributed by atoms with Crippen molar-refractivity contribution in [3.8, 4) is 0 Å². The van der Waals surface area contributed by atoms with Crippen LogP contribution in [0.15, 0.2) is 89.8 Å². The van der Waals surface area contributed by atoms with Gasteiger partial charge in [0.2, 0.25) is 0 Å². The summed E-state index contributed by atoms with van der Waals surface area (Å²) >= 11 is 0. The molecule has 0 aliphatic carbocycles. The second kappa shape index (κ2) is 6.67. The molecule has 5 heteroatoms. The van der Waals surface area contributed by atoms with E-state index < -0.39 is 16.1 Å². The summed E-state index contributed by atoms with van der Waals surface area (Å²) in [7, 11) is -3.87. The molecule has 1 aliphatic rings. The number of fused-ring (bicyclic) bond motifs is 1. The number of benzene rings is 3. The Balaban J connectivity index is 1.89. The summed E-state index contributed by atoms with van der Waals surface area (Å²) in [5, 5.41) is 0. The number of hydrogen-bond donors (Lipinski definition) is 0. The third kappa shape index (κ3) is 2.84. The van der Waals surface area contributed by atoms with E-state index in [9.17, 15) is 13.2 Å². The van der Waals surface area contributed by atoms with Crippen molar-refractivity contribution in [3.63, 3.8) is 0 Å². The summed E-state index contributed by atoms with van der Waals surface area (Å²) in [6.45, 7) is 1.91. The van der Waals surface area contributed by atoms with Crippen molar-refractivity contribution in [2.75, 3.05) is 4.31 Å². The number of para-hydroxylation sites is 1. The van der Waals surface area contributed by atoms with Crippen LogP contribution in [-0.2, 0) is 10.0 Å². The van der Waals surface area contributed by atoms with Crippen molar-refractivity contribution in [2.45, 2.75) is 23.8 Å². The lowest BCUT2D eigenvalue weighted by Crippen LogP contribution is -2.44. The maximum atomic E-state index is 13.5. The van der Waals surface area contributed by atoms with Gasteiger partial charge in [-0.05, 0) is 23.8 Å². The highest BCUT2D eigenvalue weighted by Crippen LogP contribution is 2.44. The number of anilines is 1. The van der Waals surface area contributed by atoms with Crippen LogP contribution in [0.4, 0.5) is 5.69 Å². The standard InChI is InChI=1S/C22H19NO3S/c1-16-19-14-8-9-15-20(19)23(27(25,26)18-12-6-3-7-13-18)21(16)22(24)17-10-4-2-5-11-17/h2-16,21H,1H3/t16-,21-/m0/s1. The van der Waals surface area contributed by atoms with Gasteiger partial charge in [-0.15, -0.1) is 0 Å². The van der Waals surface area contributed by atoms with Gasteiger partial charge >= 0.3 is 0 Å². The molecule has 136 valence electrons. The Morgan fingerprint density at radius 2 is 1.37 bits per heavy atom. The van der Waals surface area contributed by atoms with Crippen LogP contribution in [0.5, 0.6) is 0 Å². The molecule has 0 saturated heterocycles. The molecule has 0 saturated carbocycles. The van der Waals surface area contributed by atoms with Gasteiger partial charge in [-0.1, -0.05) is 73.7 Å². The van der Waals surface area contributed by atoms with E-state index in [-0.39, 0.29) is 16.6 Å². The summed E-state index contributed by atoms with van der Waals surface area (Å²) in [5.74, 6) is -0.439. The number of carbonyl (C=O) groups is 1. The predicted molar refractivity (Wildman–Crippen MR) is 106 cm³/mol. The first-order valence-electron chi connectivity index (χ1n) is 8.79. The normalized spacial score (nSPS) is 18.9. The summed E-state index contributed by atoms with van der Waals surface area (Å²) in [6, 6.07) is 23.7. The minimum atomic E-state index is -3.87. The molecule has 1 heterocycles. The molecule has 2 atom stereocenters. The molecule has 0 amide bonds. The lowest BCUT2D eigenvalue weighted by atomic mass is 9.92. The SMILES string of the molecule is C[C@H]1c2ccccc2N(S(=O)(=O)c2ccccc2)[C@@H]1C(=O)c1ccccc1. The van der Waals surface area contributed by atoms with Gasteiger partial charge in [0, 0.05) is 11.5 Å². The molecular formula is C22H19NO3S. The van der Waals surface area contributed by atoms with E-state index in [0.717, 1.165) is 5.56 Å². The van der Waals surface area contributed by atoms with Crippen molar-refractivity contribution in [1.82, 2.24) is 0 Å². The van der Waals surface area contributed by atoms with E-state index in [1.54, 1.807) is 66.7 Å². The van der Waals surface area contributed by atoms with E-state index in [4.69, 9.17) is 0 Å². The molecule has 3 aromatic rings. The van der Waals surface area contributed by atoms with Gasteiger partial charge in [-0.25, -0.2) is 8.42 Å². The summed E-state index contributed by atoms with van der Waals surface area (Å²) < 4.78 is 28.2. The predicted octanol–water partition coefficient (Wildman–Crippen LogP) is 4.25. The maximum Gasteiger partial charge on any atom is 0.265 e. The first-order valence-corrected chi connectivity index (χ1v) is 10.2. The smallest absolute Gasteiger partial charge is 0.265 e. The van der Waals surface area contributed by atoms with Crippen LogP contribution in [0.25, 0.3) is 0 Å². The number of nitrogens with zero attached hydrogens (tertiary/aromatic N) is 1. The monoisotopic (exact) mass is 377 g/mol. The molecular weight excluding hydrogens is 358 g/mol. The van der Waals surface area contributed by atoms with E-state index in [1.807, 2.05) is 25.1 Å². The van der Waals surface area contributed by atoms with E-state index in [2.05, 4.69) is 0 Å². The van der Waals surface area contributed by atoms with Crippen LogP contribution in [0.1, 0.15) is 28.8 Å². The number of sulfonamides is 1. The van der Waals surface area contributed by atoms with Gasteiger partial charge in [0.15, 0.2) is 5.78 Å². The largest absolute Gasteiger partial charge is 0.292 e. The summed E-state index contributed by atoms with van der Waals surface area (Å²) in [6.07, 6.45) is 0. The molecule has 0 bridgehead atoms. The molecule has 0 spiro atoms. The fourth-order valence-corrected chi connectivity index (χ4v) is 5.42.